The lowest BCUT2D eigenvalue weighted by atomic mass is 9.87. The van der Waals surface area contributed by atoms with Gasteiger partial charge < -0.3 is 10.1 Å². The molecule has 0 radical (unpaired) electrons. The summed E-state index contributed by atoms with van der Waals surface area (Å²) in [6, 6.07) is 12.6. The summed E-state index contributed by atoms with van der Waals surface area (Å²) < 4.78 is 32.7. The summed E-state index contributed by atoms with van der Waals surface area (Å²) in [4.78, 5) is 13.2. The minimum Gasteiger partial charge on any atom is -0.496 e. The zero-order valence-corrected chi connectivity index (χ0v) is 17.4. The fourth-order valence-corrected chi connectivity index (χ4v) is 5.79. The van der Waals surface area contributed by atoms with E-state index in [-0.39, 0.29) is 22.4 Å². The van der Waals surface area contributed by atoms with Crippen molar-refractivity contribution in [1.82, 2.24) is 9.62 Å². The Morgan fingerprint density at radius 3 is 2.62 bits per heavy atom. The van der Waals surface area contributed by atoms with Crippen LogP contribution in [0, 0.1) is 0 Å². The molecule has 1 aliphatic carbocycles. The Labute approximate surface area is 171 Å². The number of aryl methyl sites for hydroxylation is 1. The fourth-order valence-electron chi connectivity index (χ4n) is 4.24. The lowest BCUT2D eigenvalue weighted by Crippen LogP contribution is -2.32. The molecule has 0 spiro atoms. The monoisotopic (exact) mass is 414 g/mol. The number of nitrogens with one attached hydrogen (secondary N) is 1. The Hall–Kier alpha value is -2.38. The number of ether oxygens (including phenoxy) is 1. The highest BCUT2D eigenvalue weighted by Gasteiger charge is 2.29. The highest BCUT2D eigenvalue weighted by molar-refractivity contribution is 7.89. The van der Waals surface area contributed by atoms with Gasteiger partial charge in [0.05, 0.1) is 23.6 Å². The summed E-state index contributed by atoms with van der Waals surface area (Å²) in [5.74, 6) is 0.0500. The van der Waals surface area contributed by atoms with Gasteiger partial charge in [-0.1, -0.05) is 24.3 Å². The molecule has 1 N–H and O–H groups in total. The quantitative estimate of drug-likeness (QED) is 0.815. The number of fused-ring (bicyclic) bond motifs is 1. The van der Waals surface area contributed by atoms with Gasteiger partial charge in [-0.15, -0.1) is 0 Å². The van der Waals surface area contributed by atoms with E-state index in [4.69, 9.17) is 4.74 Å². The number of hydrogen-bond donors (Lipinski definition) is 1. The van der Waals surface area contributed by atoms with Crippen molar-refractivity contribution in [2.24, 2.45) is 0 Å². The molecule has 4 rings (SSSR count). The molecule has 2 aromatic rings. The number of rotatable bonds is 5. The standard InChI is InChI=1S/C22H26N2O4S/c1-28-21-12-11-17(29(26,27)24-13-4-5-14-24)15-19(21)22(25)23-20-10-6-8-16-7-2-3-9-18(16)20/h2-3,7,9,11-12,15,20H,4-6,8,10,13-14H2,1H3,(H,23,25). The van der Waals surface area contributed by atoms with Crippen molar-refractivity contribution in [3.8, 4) is 5.75 Å². The van der Waals surface area contributed by atoms with Crippen LogP contribution in [0.1, 0.15) is 53.2 Å². The highest BCUT2D eigenvalue weighted by atomic mass is 32.2. The van der Waals surface area contributed by atoms with E-state index in [9.17, 15) is 13.2 Å². The van der Waals surface area contributed by atoms with E-state index in [1.54, 1.807) is 6.07 Å². The Bertz CT molecular complexity index is 1010. The molecule has 29 heavy (non-hydrogen) atoms. The number of carbonyl (C=O) groups is 1. The molecule has 154 valence electrons. The molecular weight excluding hydrogens is 388 g/mol. The van der Waals surface area contributed by atoms with Gasteiger partial charge >= 0.3 is 0 Å². The maximum absolute atomic E-state index is 13.1. The van der Waals surface area contributed by atoms with Crippen LogP contribution in [-0.4, -0.2) is 38.8 Å². The van der Waals surface area contributed by atoms with Crippen molar-refractivity contribution in [1.29, 1.82) is 0 Å². The third-order valence-electron chi connectivity index (χ3n) is 5.79. The molecule has 2 aromatic carbocycles. The third kappa shape index (κ3) is 3.89. The summed E-state index contributed by atoms with van der Waals surface area (Å²) in [6.07, 6.45) is 4.60. The van der Waals surface area contributed by atoms with Crippen molar-refractivity contribution in [2.75, 3.05) is 20.2 Å². The first-order valence-corrected chi connectivity index (χ1v) is 11.5. The number of sulfonamides is 1. The Kier molecular flexibility index (Phi) is 5.61. The van der Waals surface area contributed by atoms with Gasteiger partial charge in [-0.2, -0.15) is 4.31 Å². The van der Waals surface area contributed by atoms with Gasteiger partial charge in [-0.3, -0.25) is 4.79 Å². The zero-order chi connectivity index (χ0) is 20.4. The first kappa shape index (κ1) is 19.9. The van der Waals surface area contributed by atoms with Gasteiger partial charge in [0.2, 0.25) is 10.0 Å². The molecule has 1 heterocycles. The average molecular weight is 415 g/mol. The summed E-state index contributed by atoms with van der Waals surface area (Å²) in [7, 11) is -2.12. The number of methoxy groups -OCH3 is 1. The maximum Gasteiger partial charge on any atom is 0.255 e. The largest absolute Gasteiger partial charge is 0.496 e. The summed E-state index contributed by atoms with van der Waals surface area (Å²) in [5.41, 5.74) is 2.63. The summed E-state index contributed by atoms with van der Waals surface area (Å²) >= 11 is 0. The molecule has 0 saturated carbocycles. The van der Waals surface area contributed by atoms with E-state index in [1.807, 2.05) is 18.2 Å². The van der Waals surface area contributed by atoms with Gasteiger partial charge in [0.1, 0.15) is 5.75 Å². The van der Waals surface area contributed by atoms with Gasteiger partial charge in [0, 0.05) is 13.1 Å². The van der Waals surface area contributed by atoms with Crippen molar-refractivity contribution in [2.45, 2.75) is 43.0 Å². The number of benzene rings is 2. The molecule has 1 unspecified atom stereocenters. The molecular formula is C22H26N2O4S. The first-order valence-electron chi connectivity index (χ1n) is 10.1. The predicted molar refractivity (Wildman–Crippen MR) is 111 cm³/mol. The van der Waals surface area contributed by atoms with Crippen molar-refractivity contribution in [3.05, 3.63) is 59.2 Å². The molecule has 1 atom stereocenters. The van der Waals surface area contributed by atoms with Crippen molar-refractivity contribution >= 4 is 15.9 Å². The average Bonchev–Trinajstić information content (AvgIpc) is 3.29. The molecule has 0 bridgehead atoms. The fraction of sp³-hybridized carbons (Fsp3) is 0.409. The smallest absolute Gasteiger partial charge is 0.255 e. The zero-order valence-electron chi connectivity index (χ0n) is 16.6. The maximum atomic E-state index is 13.1. The van der Waals surface area contributed by atoms with E-state index in [0.717, 1.165) is 37.7 Å². The number of nitrogens with zero attached hydrogens (tertiary/aromatic N) is 1. The van der Waals surface area contributed by atoms with Crippen LogP contribution in [-0.2, 0) is 16.4 Å². The van der Waals surface area contributed by atoms with Gasteiger partial charge in [0.25, 0.3) is 5.91 Å². The molecule has 1 aliphatic heterocycles. The van der Waals surface area contributed by atoms with Crippen LogP contribution in [0.4, 0.5) is 0 Å². The SMILES string of the molecule is COc1ccc(S(=O)(=O)N2CCCC2)cc1C(=O)NC1CCCc2ccccc21. The third-order valence-corrected chi connectivity index (χ3v) is 7.69. The van der Waals surface area contributed by atoms with Crippen LogP contribution in [0.2, 0.25) is 0 Å². The molecule has 0 aromatic heterocycles. The Morgan fingerprint density at radius 2 is 1.86 bits per heavy atom. The second kappa shape index (κ2) is 8.16. The molecule has 7 heteroatoms. The number of amides is 1. The minimum atomic E-state index is -3.60. The van der Waals surface area contributed by atoms with Crippen LogP contribution in [0.3, 0.4) is 0 Å². The summed E-state index contributed by atoms with van der Waals surface area (Å²) in [5, 5.41) is 3.09. The molecule has 1 fully saturated rings. The topological polar surface area (TPSA) is 75.7 Å². The lowest BCUT2D eigenvalue weighted by Gasteiger charge is -2.26. The van der Waals surface area contributed by atoms with E-state index < -0.39 is 10.0 Å². The number of hydrogen-bond acceptors (Lipinski definition) is 4. The van der Waals surface area contributed by atoms with Crippen LogP contribution in [0.15, 0.2) is 47.4 Å². The van der Waals surface area contributed by atoms with Gasteiger partial charge in [0.15, 0.2) is 0 Å². The molecule has 2 aliphatic rings. The summed E-state index contributed by atoms with van der Waals surface area (Å²) in [6.45, 7) is 1.05. The van der Waals surface area contributed by atoms with Crippen molar-refractivity contribution < 1.29 is 17.9 Å². The molecule has 1 amide bonds. The molecule has 6 nitrogen and oxygen atoms in total. The normalized spacial score (nSPS) is 19.6. The number of carbonyl (C=O) groups excluding carboxylic acids is 1. The second-order valence-electron chi connectivity index (χ2n) is 7.59. The van der Waals surface area contributed by atoms with Crippen LogP contribution in [0.5, 0.6) is 5.75 Å². The van der Waals surface area contributed by atoms with Crippen LogP contribution >= 0.6 is 0 Å². The lowest BCUT2D eigenvalue weighted by molar-refractivity contribution is 0.0929. The minimum absolute atomic E-state index is 0.0870. The predicted octanol–water partition coefficient (Wildman–Crippen LogP) is 3.29. The van der Waals surface area contributed by atoms with E-state index in [0.29, 0.717) is 18.8 Å². The molecule has 1 saturated heterocycles. The Morgan fingerprint density at radius 1 is 1.10 bits per heavy atom. The van der Waals surface area contributed by atoms with Crippen LogP contribution < -0.4 is 10.1 Å². The second-order valence-corrected chi connectivity index (χ2v) is 9.53. The van der Waals surface area contributed by atoms with Crippen molar-refractivity contribution in [3.63, 3.8) is 0 Å². The van der Waals surface area contributed by atoms with E-state index >= 15 is 0 Å². The van der Waals surface area contributed by atoms with E-state index in [1.165, 1.54) is 29.1 Å². The van der Waals surface area contributed by atoms with Gasteiger partial charge in [-0.25, -0.2) is 8.42 Å². The first-order chi connectivity index (χ1) is 14.0. The van der Waals surface area contributed by atoms with Gasteiger partial charge in [-0.05, 0) is 61.4 Å². The van der Waals surface area contributed by atoms with E-state index in [2.05, 4.69) is 11.4 Å². The Balaban J connectivity index is 1.63. The highest BCUT2D eigenvalue weighted by Crippen LogP contribution is 2.31. The van der Waals surface area contributed by atoms with Crippen LogP contribution in [0.25, 0.3) is 0 Å².